The van der Waals surface area contributed by atoms with Gasteiger partial charge in [0, 0.05) is 11.0 Å². The van der Waals surface area contributed by atoms with Gasteiger partial charge in [0.05, 0.1) is 18.8 Å². The number of esters is 1. The molecule has 5 saturated carbocycles. The first kappa shape index (κ1) is 26.0. The van der Waals surface area contributed by atoms with Crippen LogP contribution in [0.4, 0.5) is 0 Å². The lowest BCUT2D eigenvalue weighted by molar-refractivity contribution is -0.232. The standard InChI is InChI=1S/C32H48O4/c1-19(2)21-11-14-32(27(35)36-8)16-15-30(6)22(25(21)32)9-10-24-29(5)17-20(18-33)26(34)28(3,4)23(29)12-13-31(24,30)7/h18,21-25,33H,1,9-17H2,2-8H3/b20-18-/t21-,22+,23+,24+,25-,29-,30+,31+,32-/m0/s1. The number of aliphatic hydroxyl groups excluding tert-OH is 1. The molecule has 0 aromatic carbocycles. The number of methoxy groups -OCH3 is 1. The van der Waals surface area contributed by atoms with Crippen LogP contribution in [0.15, 0.2) is 24.0 Å². The summed E-state index contributed by atoms with van der Waals surface area (Å²) in [6.07, 6.45) is 10.2. The molecule has 1 N–H and O–H groups in total. The quantitative estimate of drug-likeness (QED) is 0.187. The maximum atomic E-state index is 13.4. The van der Waals surface area contributed by atoms with E-state index in [1.807, 2.05) is 0 Å². The Kier molecular flexibility index (Phi) is 5.76. The summed E-state index contributed by atoms with van der Waals surface area (Å²) >= 11 is 0. The minimum Gasteiger partial charge on any atom is -0.515 e. The molecule has 5 aliphatic carbocycles. The van der Waals surface area contributed by atoms with Gasteiger partial charge >= 0.3 is 5.97 Å². The summed E-state index contributed by atoms with van der Waals surface area (Å²) < 4.78 is 5.48. The van der Waals surface area contributed by atoms with Gasteiger partial charge in [-0.3, -0.25) is 9.59 Å². The molecule has 36 heavy (non-hydrogen) atoms. The third-order valence-electron chi connectivity index (χ3n) is 13.4. The van der Waals surface area contributed by atoms with Gasteiger partial charge in [-0.05, 0) is 111 Å². The van der Waals surface area contributed by atoms with Gasteiger partial charge in [0.2, 0.25) is 0 Å². The Labute approximate surface area is 218 Å². The van der Waals surface area contributed by atoms with E-state index in [0.29, 0.717) is 41.6 Å². The van der Waals surface area contributed by atoms with Crippen molar-refractivity contribution in [1.29, 1.82) is 0 Å². The van der Waals surface area contributed by atoms with Crippen LogP contribution < -0.4 is 0 Å². The highest BCUT2D eigenvalue weighted by atomic mass is 16.5. The monoisotopic (exact) mass is 496 g/mol. The van der Waals surface area contributed by atoms with E-state index < -0.39 is 5.41 Å². The summed E-state index contributed by atoms with van der Waals surface area (Å²) in [5.41, 5.74) is 1.25. The highest BCUT2D eigenvalue weighted by molar-refractivity contribution is 6.00. The predicted octanol–water partition coefficient (Wildman–Crippen LogP) is 7.44. The first-order valence-corrected chi connectivity index (χ1v) is 14.4. The van der Waals surface area contributed by atoms with E-state index in [2.05, 4.69) is 48.1 Å². The van der Waals surface area contributed by atoms with Crippen LogP contribution in [-0.4, -0.2) is 24.0 Å². The predicted molar refractivity (Wildman–Crippen MR) is 142 cm³/mol. The van der Waals surface area contributed by atoms with Crippen molar-refractivity contribution >= 4 is 11.8 Å². The first-order chi connectivity index (χ1) is 16.7. The smallest absolute Gasteiger partial charge is 0.312 e. The van der Waals surface area contributed by atoms with Crippen molar-refractivity contribution < 1.29 is 19.4 Å². The number of fused-ring (bicyclic) bond motifs is 7. The molecule has 5 rings (SSSR count). The van der Waals surface area contributed by atoms with E-state index in [1.165, 1.54) is 5.57 Å². The summed E-state index contributed by atoms with van der Waals surface area (Å²) in [6.45, 7) is 18.3. The number of carbonyl (C=O) groups excluding carboxylic acids is 2. The number of hydrogen-bond acceptors (Lipinski definition) is 4. The summed E-state index contributed by atoms with van der Waals surface area (Å²) in [7, 11) is 1.56. The van der Waals surface area contributed by atoms with E-state index in [4.69, 9.17) is 4.74 Å². The molecule has 0 aromatic rings. The van der Waals surface area contributed by atoms with Crippen LogP contribution in [0.1, 0.15) is 99.3 Å². The van der Waals surface area contributed by atoms with Crippen LogP contribution in [0, 0.1) is 56.7 Å². The molecule has 5 fully saturated rings. The first-order valence-electron chi connectivity index (χ1n) is 14.4. The highest BCUT2D eigenvalue weighted by Crippen LogP contribution is 2.77. The molecule has 9 atom stereocenters. The summed E-state index contributed by atoms with van der Waals surface area (Å²) in [5, 5.41) is 10.0. The molecule has 4 heteroatoms. The highest BCUT2D eigenvalue weighted by Gasteiger charge is 2.72. The van der Waals surface area contributed by atoms with Gasteiger partial charge in [0.15, 0.2) is 5.78 Å². The van der Waals surface area contributed by atoms with Crippen LogP contribution in [-0.2, 0) is 14.3 Å². The second kappa shape index (κ2) is 7.96. The van der Waals surface area contributed by atoms with E-state index in [1.54, 1.807) is 7.11 Å². The van der Waals surface area contributed by atoms with Gasteiger partial charge in [-0.15, -0.1) is 0 Å². The van der Waals surface area contributed by atoms with Crippen LogP contribution in [0.3, 0.4) is 0 Å². The zero-order chi connectivity index (χ0) is 26.5. The molecular weight excluding hydrogens is 448 g/mol. The molecule has 0 heterocycles. The lowest BCUT2D eigenvalue weighted by atomic mass is 9.32. The molecule has 0 aromatic heterocycles. The molecule has 0 unspecified atom stereocenters. The zero-order valence-electron chi connectivity index (χ0n) is 23.7. The second-order valence-corrected chi connectivity index (χ2v) is 14.7. The van der Waals surface area contributed by atoms with Crippen molar-refractivity contribution in [2.24, 2.45) is 56.7 Å². The molecule has 0 aliphatic heterocycles. The summed E-state index contributed by atoms with van der Waals surface area (Å²) in [6, 6.07) is 0. The van der Waals surface area contributed by atoms with Crippen molar-refractivity contribution in [2.45, 2.75) is 99.3 Å². The van der Waals surface area contributed by atoms with Gasteiger partial charge in [0.1, 0.15) is 0 Å². The average Bonchev–Trinajstić information content (AvgIpc) is 3.22. The fraction of sp³-hybridized carbons (Fsp3) is 0.812. The molecule has 4 nitrogen and oxygen atoms in total. The van der Waals surface area contributed by atoms with Gasteiger partial charge in [-0.1, -0.05) is 46.8 Å². The number of ketones is 1. The molecular formula is C32H48O4. The Morgan fingerprint density at radius 3 is 2.28 bits per heavy atom. The van der Waals surface area contributed by atoms with Crippen LogP contribution in [0.5, 0.6) is 0 Å². The fourth-order valence-corrected chi connectivity index (χ4v) is 11.7. The van der Waals surface area contributed by atoms with Crippen molar-refractivity contribution in [3.63, 3.8) is 0 Å². The molecule has 0 radical (unpaired) electrons. The van der Waals surface area contributed by atoms with E-state index in [0.717, 1.165) is 57.6 Å². The van der Waals surface area contributed by atoms with Crippen molar-refractivity contribution in [3.05, 3.63) is 24.0 Å². The summed E-state index contributed by atoms with van der Waals surface area (Å²) in [5.74, 6) is 2.12. The Bertz CT molecular complexity index is 1020. The minimum atomic E-state index is -0.455. The number of allylic oxidation sites excluding steroid dienone is 2. The Balaban J connectivity index is 1.59. The van der Waals surface area contributed by atoms with Crippen LogP contribution in [0.2, 0.25) is 0 Å². The normalized spacial score (nSPS) is 50.5. The van der Waals surface area contributed by atoms with Crippen molar-refractivity contribution in [1.82, 2.24) is 0 Å². The van der Waals surface area contributed by atoms with Gasteiger partial charge in [-0.25, -0.2) is 0 Å². The molecule has 0 amide bonds. The largest absolute Gasteiger partial charge is 0.515 e. The summed E-state index contributed by atoms with van der Waals surface area (Å²) in [4.78, 5) is 26.7. The fourth-order valence-electron chi connectivity index (χ4n) is 11.7. The molecule has 5 aliphatic rings. The van der Waals surface area contributed by atoms with Gasteiger partial charge < -0.3 is 9.84 Å². The molecule has 0 spiro atoms. The SMILES string of the molecule is C=C(C)[C@@H]1CC[C@]2(C(=O)OC)CC[C@]3(C)[C@H](CC[C@@H]4[C@@]5(C)C/C(=C/O)C(=O)C(C)(C)[C@H]5CC[C@]43C)[C@H]12. The van der Waals surface area contributed by atoms with Gasteiger partial charge in [-0.2, -0.15) is 0 Å². The molecule has 0 saturated heterocycles. The lowest BCUT2D eigenvalue weighted by Crippen LogP contribution is -2.67. The Hall–Kier alpha value is -1.58. The number of aliphatic hydroxyl groups is 1. The third kappa shape index (κ3) is 2.94. The zero-order valence-corrected chi connectivity index (χ0v) is 23.7. The maximum Gasteiger partial charge on any atom is 0.312 e. The third-order valence-corrected chi connectivity index (χ3v) is 13.4. The topological polar surface area (TPSA) is 63.6 Å². The van der Waals surface area contributed by atoms with E-state index in [9.17, 15) is 14.7 Å². The maximum absolute atomic E-state index is 13.4. The average molecular weight is 497 g/mol. The molecule has 0 bridgehead atoms. The second-order valence-electron chi connectivity index (χ2n) is 14.7. The van der Waals surface area contributed by atoms with Crippen LogP contribution >= 0.6 is 0 Å². The number of rotatable bonds is 2. The number of Topliss-reactive ketones (excluding diaryl/α,β-unsaturated/α-hetero) is 1. The number of carbonyl (C=O) groups is 2. The van der Waals surface area contributed by atoms with E-state index in [-0.39, 0.29) is 33.4 Å². The number of ether oxygens (including phenoxy) is 1. The van der Waals surface area contributed by atoms with E-state index >= 15 is 0 Å². The van der Waals surface area contributed by atoms with Gasteiger partial charge in [0.25, 0.3) is 0 Å². The van der Waals surface area contributed by atoms with Crippen LogP contribution in [0.25, 0.3) is 0 Å². The Morgan fingerprint density at radius 1 is 0.972 bits per heavy atom. The van der Waals surface area contributed by atoms with Crippen molar-refractivity contribution in [3.8, 4) is 0 Å². The number of hydrogen-bond donors (Lipinski definition) is 1. The lowest BCUT2D eigenvalue weighted by Gasteiger charge is -2.72. The van der Waals surface area contributed by atoms with Crippen molar-refractivity contribution in [2.75, 3.05) is 7.11 Å². The Morgan fingerprint density at radius 2 is 1.67 bits per heavy atom. The molecule has 200 valence electrons. The minimum absolute atomic E-state index is 0.00603.